The summed E-state index contributed by atoms with van der Waals surface area (Å²) in [5, 5.41) is 3.01. The molecule has 134 valence electrons. The lowest BCUT2D eigenvalue weighted by atomic mass is 9.96. The minimum Gasteiger partial charge on any atom is -0.372 e. The van der Waals surface area contributed by atoms with Gasteiger partial charge in [0, 0.05) is 42.7 Å². The molecule has 1 aromatic carbocycles. The van der Waals surface area contributed by atoms with Crippen LogP contribution >= 0.6 is 11.8 Å². The van der Waals surface area contributed by atoms with Crippen LogP contribution in [0.5, 0.6) is 0 Å². The first-order valence-corrected chi connectivity index (χ1v) is 10.2. The second kappa shape index (κ2) is 9.33. The molecule has 1 amide bonds. The molecule has 0 radical (unpaired) electrons. The van der Waals surface area contributed by atoms with Crippen molar-refractivity contribution in [3.05, 3.63) is 24.3 Å². The van der Waals surface area contributed by atoms with Gasteiger partial charge in [-0.15, -0.1) is 0 Å². The Hall–Kier alpha value is -1.20. The van der Waals surface area contributed by atoms with Crippen LogP contribution < -0.4 is 10.2 Å². The lowest BCUT2D eigenvalue weighted by Crippen LogP contribution is -2.37. The standard InChI is InChI=1S/C19H31N3OS/c1-15(14-24-4)19(23)20-17-5-7-18(8-6-17)22-11-9-16(10-12-22)13-21(2)3/h5-8,15-16H,9-14H2,1-4H3,(H,20,23)/t15-/m1/s1. The Morgan fingerprint density at radius 1 is 1.29 bits per heavy atom. The first kappa shape index (κ1) is 19.1. The second-order valence-electron chi connectivity index (χ2n) is 7.09. The highest BCUT2D eigenvalue weighted by molar-refractivity contribution is 7.98. The molecular weight excluding hydrogens is 318 g/mol. The van der Waals surface area contributed by atoms with E-state index >= 15 is 0 Å². The van der Waals surface area contributed by atoms with E-state index < -0.39 is 0 Å². The maximum Gasteiger partial charge on any atom is 0.228 e. The topological polar surface area (TPSA) is 35.6 Å². The molecule has 1 aliphatic heterocycles. The van der Waals surface area contributed by atoms with Gasteiger partial charge in [0.1, 0.15) is 0 Å². The summed E-state index contributed by atoms with van der Waals surface area (Å²) in [5.74, 6) is 1.80. The van der Waals surface area contributed by atoms with Crippen molar-refractivity contribution in [3.63, 3.8) is 0 Å². The van der Waals surface area contributed by atoms with Gasteiger partial charge in [0.05, 0.1) is 0 Å². The normalized spacial score (nSPS) is 17.1. The number of rotatable bonds is 7. The average molecular weight is 350 g/mol. The van der Waals surface area contributed by atoms with E-state index in [4.69, 9.17) is 0 Å². The van der Waals surface area contributed by atoms with E-state index in [1.807, 2.05) is 25.3 Å². The molecular formula is C19H31N3OS. The number of anilines is 2. The molecule has 0 aromatic heterocycles. The molecule has 0 aliphatic carbocycles. The molecule has 0 bridgehead atoms. The van der Waals surface area contributed by atoms with Gasteiger partial charge in [-0.2, -0.15) is 11.8 Å². The van der Waals surface area contributed by atoms with Crippen LogP contribution in [0.25, 0.3) is 0 Å². The van der Waals surface area contributed by atoms with Crippen LogP contribution in [0.3, 0.4) is 0 Å². The molecule has 0 unspecified atom stereocenters. The third-order valence-electron chi connectivity index (χ3n) is 4.60. The molecule has 1 aliphatic rings. The summed E-state index contributed by atoms with van der Waals surface area (Å²) in [6.07, 6.45) is 4.53. The van der Waals surface area contributed by atoms with Gasteiger partial charge < -0.3 is 15.1 Å². The summed E-state index contributed by atoms with van der Waals surface area (Å²) >= 11 is 1.70. The number of thioether (sulfide) groups is 1. The van der Waals surface area contributed by atoms with Gasteiger partial charge in [-0.05, 0) is 63.4 Å². The SMILES string of the molecule is CSC[C@@H](C)C(=O)Nc1ccc(N2CCC(CN(C)C)CC2)cc1. The van der Waals surface area contributed by atoms with Gasteiger partial charge in [0.25, 0.3) is 0 Å². The van der Waals surface area contributed by atoms with Crippen LogP contribution in [0.15, 0.2) is 24.3 Å². The van der Waals surface area contributed by atoms with E-state index in [0.717, 1.165) is 30.4 Å². The summed E-state index contributed by atoms with van der Waals surface area (Å²) in [6, 6.07) is 8.29. The van der Waals surface area contributed by atoms with Gasteiger partial charge in [0.15, 0.2) is 0 Å². The number of piperidine rings is 1. The highest BCUT2D eigenvalue weighted by Crippen LogP contribution is 2.25. The van der Waals surface area contributed by atoms with Crippen LogP contribution in [0.4, 0.5) is 11.4 Å². The molecule has 1 aromatic rings. The number of hydrogen-bond donors (Lipinski definition) is 1. The minimum absolute atomic E-state index is 0.0374. The highest BCUT2D eigenvalue weighted by atomic mass is 32.2. The monoisotopic (exact) mass is 349 g/mol. The van der Waals surface area contributed by atoms with Crippen molar-refractivity contribution < 1.29 is 4.79 Å². The van der Waals surface area contributed by atoms with E-state index in [1.165, 1.54) is 25.1 Å². The summed E-state index contributed by atoms with van der Waals surface area (Å²) in [6.45, 7) is 5.40. The molecule has 1 atom stereocenters. The lowest BCUT2D eigenvalue weighted by molar-refractivity contribution is -0.118. The van der Waals surface area contributed by atoms with Crippen molar-refractivity contribution >= 4 is 29.0 Å². The number of nitrogens with zero attached hydrogens (tertiary/aromatic N) is 2. The zero-order valence-electron chi connectivity index (χ0n) is 15.4. The van der Waals surface area contributed by atoms with Gasteiger partial charge in [-0.3, -0.25) is 4.79 Å². The van der Waals surface area contributed by atoms with E-state index in [1.54, 1.807) is 11.8 Å². The summed E-state index contributed by atoms with van der Waals surface area (Å²) in [4.78, 5) is 16.8. The van der Waals surface area contributed by atoms with Crippen molar-refractivity contribution in [1.82, 2.24) is 4.90 Å². The molecule has 1 N–H and O–H groups in total. The van der Waals surface area contributed by atoms with E-state index in [-0.39, 0.29) is 11.8 Å². The first-order valence-electron chi connectivity index (χ1n) is 8.79. The fourth-order valence-corrected chi connectivity index (χ4v) is 3.89. The van der Waals surface area contributed by atoms with Crippen molar-refractivity contribution in [3.8, 4) is 0 Å². The Morgan fingerprint density at radius 2 is 1.92 bits per heavy atom. The second-order valence-corrected chi connectivity index (χ2v) is 8.00. The largest absolute Gasteiger partial charge is 0.372 e. The Balaban J connectivity index is 1.85. The van der Waals surface area contributed by atoms with Crippen LogP contribution in [-0.2, 0) is 4.79 Å². The maximum atomic E-state index is 12.1. The van der Waals surface area contributed by atoms with Crippen molar-refractivity contribution in [2.24, 2.45) is 11.8 Å². The Kier molecular flexibility index (Phi) is 7.43. The van der Waals surface area contributed by atoms with E-state index in [0.29, 0.717) is 0 Å². The Labute approximate surface area is 151 Å². The predicted octanol–water partition coefficient (Wildman–Crippen LogP) is 3.40. The Morgan fingerprint density at radius 3 is 2.46 bits per heavy atom. The zero-order chi connectivity index (χ0) is 17.5. The molecule has 1 fully saturated rings. The number of benzene rings is 1. The van der Waals surface area contributed by atoms with E-state index in [9.17, 15) is 4.79 Å². The lowest BCUT2D eigenvalue weighted by Gasteiger charge is -2.34. The first-order chi connectivity index (χ1) is 11.5. The summed E-state index contributed by atoms with van der Waals surface area (Å²) < 4.78 is 0. The van der Waals surface area contributed by atoms with Crippen molar-refractivity contribution in [1.29, 1.82) is 0 Å². The maximum absolute atomic E-state index is 12.1. The summed E-state index contributed by atoms with van der Waals surface area (Å²) in [5.41, 5.74) is 2.15. The molecule has 0 saturated carbocycles. The molecule has 0 spiro atoms. The predicted molar refractivity (Wildman–Crippen MR) is 106 cm³/mol. The molecule has 4 nitrogen and oxygen atoms in total. The molecule has 5 heteroatoms. The van der Waals surface area contributed by atoms with Crippen LogP contribution in [0.2, 0.25) is 0 Å². The van der Waals surface area contributed by atoms with Crippen LogP contribution in [-0.4, -0.2) is 56.5 Å². The average Bonchev–Trinajstić information content (AvgIpc) is 2.56. The number of nitrogens with one attached hydrogen (secondary N) is 1. The molecule has 24 heavy (non-hydrogen) atoms. The van der Waals surface area contributed by atoms with E-state index in [2.05, 4.69) is 41.3 Å². The smallest absolute Gasteiger partial charge is 0.228 e. The third-order valence-corrected chi connectivity index (χ3v) is 5.44. The number of carbonyl (C=O) groups is 1. The summed E-state index contributed by atoms with van der Waals surface area (Å²) in [7, 11) is 4.30. The number of hydrogen-bond acceptors (Lipinski definition) is 4. The van der Waals surface area contributed by atoms with Gasteiger partial charge in [-0.25, -0.2) is 0 Å². The van der Waals surface area contributed by atoms with Crippen LogP contribution in [0.1, 0.15) is 19.8 Å². The molecule has 1 heterocycles. The number of amides is 1. The quantitative estimate of drug-likeness (QED) is 0.818. The molecule has 2 rings (SSSR count). The van der Waals surface area contributed by atoms with Crippen molar-refractivity contribution in [2.45, 2.75) is 19.8 Å². The van der Waals surface area contributed by atoms with Gasteiger partial charge in [0.2, 0.25) is 5.91 Å². The van der Waals surface area contributed by atoms with Crippen LogP contribution in [0, 0.1) is 11.8 Å². The number of carbonyl (C=O) groups excluding carboxylic acids is 1. The highest BCUT2D eigenvalue weighted by Gasteiger charge is 2.20. The zero-order valence-corrected chi connectivity index (χ0v) is 16.2. The Bertz CT molecular complexity index is 510. The van der Waals surface area contributed by atoms with Gasteiger partial charge >= 0.3 is 0 Å². The third kappa shape index (κ3) is 5.71. The fourth-order valence-electron chi connectivity index (χ4n) is 3.24. The van der Waals surface area contributed by atoms with Gasteiger partial charge in [-0.1, -0.05) is 6.92 Å². The molecule has 1 saturated heterocycles. The van der Waals surface area contributed by atoms with Crippen molar-refractivity contribution in [2.75, 3.05) is 56.0 Å². The minimum atomic E-state index is 0.0374. The fraction of sp³-hybridized carbons (Fsp3) is 0.632.